The highest BCUT2D eigenvalue weighted by Gasteiger charge is 2.40. The molecule has 98 valence electrons. The van der Waals surface area contributed by atoms with Crippen LogP contribution >= 0.6 is 0 Å². The van der Waals surface area contributed by atoms with Gasteiger partial charge in [0.25, 0.3) is 0 Å². The Balaban J connectivity index is 1.72. The number of hydrogen-bond donors (Lipinski definition) is 0. The van der Waals surface area contributed by atoms with E-state index in [1.54, 1.807) is 12.1 Å². The first-order chi connectivity index (χ1) is 8.67. The second kappa shape index (κ2) is 4.63. The summed E-state index contributed by atoms with van der Waals surface area (Å²) in [7, 11) is 0. The van der Waals surface area contributed by atoms with Gasteiger partial charge in [0.05, 0.1) is 13.2 Å². The van der Waals surface area contributed by atoms with E-state index in [1.165, 1.54) is 0 Å². The Kier molecular flexibility index (Phi) is 3.12. The van der Waals surface area contributed by atoms with Crippen molar-refractivity contribution in [1.29, 1.82) is 0 Å². The average Bonchev–Trinajstić information content (AvgIpc) is 2.77. The van der Waals surface area contributed by atoms with Crippen molar-refractivity contribution in [2.45, 2.75) is 44.3 Å². The van der Waals surface area contributed by atoms with Crippen molar-refractivity contribution >= 4 is 0 Å². The van der Waals surface area contributed by atoms with Crippen LogP contribution in [0.2, 0.25) is 0 Å². The van der Waals surface area contributed by atoms with E-state index < -0.39 is 0 Å². The number of halogens is 1. The predicted molar refractivity (Wildman–Crippen MR) is 67.0 cm³/mol. The molecule has 1 spiro atoms. The van der Waals surface area contributed by atoms with Gasteiger partial charge in [-0.05, 0) is 48.9 Å². The normalized spacial score (nSPS) is 23.7. The number of hydrogen-bond acceptors (Lipinski definition) is 2. The fourth-order valence-electron chi connectivity index (χ4n) is 3.18. The van der Waals surface area contributed by atoms with Crippen LogP contribution in [0.25, 0.3) is 0 Å². The minimum absolute atomic E-state index is 0.126. The molecule has 1 aliphatic heterocycles. The first-order valence-electron chi connectivity index (χ1n) is 6.72. The molecule has 1 heterocycles. The first kappa shape index (κ1) is 12.1. The molecule has 3 heteroatoms. The van der Waals surface area contributed by atoms with Gasteiger partial charge in [0.1, 0.15) is 5.82 Å². The molecular weight excluding hydrogens is 231 g/mol. The van der Waals surface area contributed by atoms with Gasteiger partial charge < -0.3 is 9.47 Å². The molecule has 0 unspecified atom stereocenters. The zero-order valence-corrected chi connectivity index (χ0v) is 10.7. The predicted octanol–water partition coefficient (Wildman–Crippen LogP) is 3.53. The van der Waals surface area contributed by atoms with Crippen LogP contribution in [0.3, 0.4) is 0 Å². The number of aryl methyl sites for hydroxylation is 1. The topological polar surface area (TPSA) is 18.5 Å². The van der Waals surface area contributed by atoms with Crippen molar-refractivity contribution in [2.24, 2.45) is 0 Å². The molecule has 0 amide bonds. The largest absolute Gasteiger partial charge is 0.348 e. The first-order valence-corrected chi connectivity index (χ1v) is 6.72. The molecule has 3 rings (SSSR count). The smallest absolute Gasteiger partial charge is 0.168 e. The molecule has 2 aliphatic rings. The Morgan fingerprint density at radius 3 is 2.39 bits per heavy atom. The Morgan fingerprint density at radius 2 is 1.78 bits per heavy atom. The SMILES string of the molecule is Cc1cc(F)cc(C2CCC3(CC2)OCCO3)c1. The molecule has 1 aliphatic carbocycles. The van der Waals surface area contributed by atoms with Crippen LogP contribution in [0.1, 0.15) is 42.7 Å². The highest BCUT2D eigenvalue weighted by atomic mass is 19.1. The molecule has 1 aromatic carbocycles. The van der Waals surface area contributed by atoms with E-state index in [0.717, 1.165) is 36.8 Å². The monoisotopic (exact) mass is 250 g/mol. The molecule has 1 saturated carbocycles. The van der Waals surface area contributed by atoms with Crippen molar-refractivity contribution in [3.8, 4) is 0 Å². The lowest BCUT2D eigenvalue weighted by atomic mass is 9.80. The van der Waals surface area contributed by atoms with Gasteiger partial charge >= 0.3 is 0 Å². The Bertz CT molecular complexity index is 408. The number of benzene rings is 1. The summed E-state index contributed by atoms with van der Waals surface area (Å²) in [5, 5.41) is 0. The molecular formula is C15H19FO2. The van der Waals surface area contributed by atoms with Gasteiger partial charge in [-0.15, -0.1) is 0 Å². The molecule has 0 atom stereocenters. The summed E-state index contributed by atoms with van der Waals surface area (Å²) in [6.07, 6.45) is 3.88. The summed E-state index contributed by atoms with van der Waals surface area (Å²) >= 11 is 0. The summed E-state index contributed by atoms with van der Waals surface area (Å²) in [4.78, 5) is 0. The van der Waals surface area contributed by atoms with Gasteiger partial charge in [-0.25, -0.2) is 4.39 Å². The lowest BCUT2D eigenvalue weighted by Crippen LogP contribution is -2.34. The van der Waals surface area contributed by atoms with Gasteiger partial charge in [-0.1, -0.05) is 6.07 Å². The summed E-state index contributed by atoms with van der Waals surface area (Å²) < 4.78 is 24.9. The van der Waals surface area contributed by atoms with Crippen LogP contribution in [0.5, 0.6) is 0 Å². The third kappa shape index (κ3) is 2.29. The van der Waals surface area contributed by atoms with Crippen molar-refractivity contribution < 1.29 is 13.9 Å². The fourth-order valence-corrected chi connectivity index (χ4v) is 3.18. The van der Waals surface area contributed by atoms with Crippen LogP contribution in [-0.4, -0.2) is 19.0 Å². The molecule has 0 bridgehead atoms. The van der Waals surface area contributed by atoms with Crippen molar-refractivity contribution in [3.05, 3.63) is 35.1 Å². The fraction of sp³-hybridized carbons (Fsp3) is 0.600. The highest BCUT2D eigenvalue weighted by molar-refractivity contribution is 5.27. The molecule has 2 fully saturated rings. The van der Waals surface area contributed by atoms with Crippen molar-refractivity contribution in [3.63, 3.8) is 0 Å². The summed E-state index contributed by atoms with van der Waals surface area (Å²) in [6, 6.07) is 5.35. The average molecular weight is 250 g/mol. The summed E-state index contributed by atoms with van der Waals surface area (Å²) in [5.74, 6) is -0.00438. The summed E-state index contributed by atoms with van der Waals surface area (Å²) in [5.41, 5.74) is 2.12. The molecule has 0 N–H and O–H groups in total. The minimum Gasteiger partial charge on any atom is -0.348 e. The molecule has 1 saturated heterocycles. The van der Waals surface area contributed by atoms with E-state index >= 15 is 0 Å². The molecule has 1 aromatic rings. The van der Waals surface area contributed by atoms with Crippen molar-refractivity contribution in [1.82, 2.24) is 0 Å². The van der Waals surface area contributed by atoms with Crippen LogP contribution in [-0.2, 0) is 9.47 Å². The zero-order valence-electron chi connectivity index (χ0n) is 10.7. The summed E-state index contributed by atoms with van der Waals surface area (Å²) in [6.45, 7) is 3.37. The minimum atomic E-state index is -0.321. The molecule has 2 nitrogen and oxygen atoms in total. The molecule has 0 radical (unpaired) electrons. The van der Waals surface area contributed by atoms with Gasteiger partial charge in [0.2, 0.25) is 0 Å². The van der Waals surface area contributed by atoms with Crippen LogP contribution in [0, 0.1) is 12.7 Å². The van der Waals surface area contributed by atoms with E-state index in [1.807, 2.05) is 6.92 Å². The van der Waals surface area contributed by atoms with E-state index in [2.05, 4.69) is 6.07 Å². The Labute approximate surface area is 107 Å². The van der Waals surface area contributed by atoms with Crippen molar-refractivity contribution in [2.75, 3.05) is 13.2 Å². The van der Waals surface area contributed by atoms with Crippen LogP contribution in [0.15, 0.2) is 18.2 Å². The maximum atomic E-state index is 13.4. The molecule has 18 heavy (non-hydrogen) atoms. The van der Waals surface area contributed by atoms with E-state index in [4.69, 9.17) is 9.47 Å². The van der Waals surface area contributed by atoms with Gasteiger partial charge in [0, 0.05) is 12.8 Å². The van der Waals surface area contributed by atoms with Crippen LogP contribution in [0.4, 0.5) is 4.39 Å². The number of ether oxygens (including phenoxy) is 2. The van der Waals surface area contributed by atoms with Gasteiger partial charge in [-0.3, -0.25) is 0 Å². The Morgan fingerprint density at radius 1 is 1.11 bits per heavy atom. The third-order valence-electron chi connectivity index (χ3n) is 4.10. The standard InChI is InChI=1S/C15H19FO2/c1-11-8-13(10-14(16)9-11)12-2-4-15(5-3-12)17-6-7-18-15/h8-10,12H,2-7H2,1H3. The maximum absolute atomic E-state index is 13.4. The Hall–Kier alpha value is -0.930. The quantitative estimate of drug-likeness (QED) is 0.759. The number of rotatable bonds is 1. The second-order valence-electron chi connectivity index (χ2n) is 5.44. The lowest BCUT2D eigenvalue weighted by molar-refractivity contribution is -0.178. The van der Waals surface area contributed by atoms with Gasteiger partial charge in [0.15, 0.2) is 5.79 Å². The third-order valence-corrected chi connectivity index (χ3v) is 4.10. The van der Waals surface area contributed by atoms with Crippen LogP contribution < -0.4 is 0 Å². The van der Waals surface area contributed by atoms with E-state index in [-0.39, 0.29) is 11.6 Å². The second-order valence-corrected chi connectivity index (χ2v) is 5.44. The lowest BCUT2D eigenvalue weighted by Gasteiger charge is -2.35. The van der Waals surface area contributed by atoms with Gasteiger partial charge in [-0.2, -0.15) is 0 Å². The van der Waals surface area contributed by atoms with E-state index in [9.17, 15) is 4.39 Å². The maximum Gasteiger partial charge on any atom is 0.168 e. The molecule has 0 aromatic heterocycles. The highest BCUT2D eigenvalue weighted by Crippen LogP contribution is 2.42. The van der Waals surface area contributed by atoms with E-state index in [0.29, 0.717) is 19.1 Å². The zero-order chi connectivity index (χ0) is 12.6.